The van der Waals surface area contributed by atoms with Gasteiger partial charge in [0.1, 0.15) is 6.61 Å². The predicted octanol–water partition coefficient (Wildman–Crippen LogP) is 1.14. The largest absolute Gasteiger partial charge is 0.448 e. The first kappa shape index (κ1) is 12.8. The zero-order valence-electron chi connectivity index (χ0n) is 9.45. The van der Waals surface area contributed by atoms with E-state index in [1.165, 1.54) is 6.42 Å². The predicted molar refractivity (Wildman–Crippen MR) is 59.5 cm³/mol. The van der Waals surface area contributed by atoms with E-state index in [2.05, 4.69) is 16.1 Å². The van der Waals surface area contributed by atoms with Crippen LogP contribution in [0.4, 0.5) is 4.79 Å². The second-order valence-electron chi connectivity index (χ2n) is 4.10. The average molecular weight is 225 g/mol. The zero-order valence-corrected chi connectivity index (χ0v) is 9.45. The summed E-state index contributed by atoms with van der Waals surface area (Å²) in [4.78, 5) is 10.3. The third-order valence-electron chi connectivity index (χ3n) is 2.93. The number of hydrogen-bond donors (Lipinski definition) is 2. The van der Waals surface area contributed by atoms with Crippen LogP contribution < -0.4 is 11.1 Å². The molecule has 0 radical (unpaired) electrons. The van der Waals surface area contributed by atoms with Crippen LogP contribution in [0, 0.1) is 17.2 Å². The van der Waals surface area contributed by atoms with E-state index in [4.69, 9.17) is 11.0 Å². The van der Waals surface area contributed by atoms with E-state index in [0.717, 1.165) is 25.7 Å². The number of nitrogens with zero attached hydrogens (tertiary/aromatic N) is 1. The monoisotopic (exact) mass is 225 g/mol. The molecule has 5 nitrogen and oxygen atoms in total. The fourth-order valence-corrected chi connectivity index (χ4v) is 2.10. The van der Waals surface area contributed by atoms with Gasteiger partial charge in [0.25, 0.3) is 0 Å². The third-order valence-corrected chi connectivity index (χ3v) is 2.93. The summed E-state index contributed by atoms with van der Waals surface area (Å²) in [5.41, 5.74) is 4.85. The number of ether oxygens (including phenoxy) is 1. The first-order chi connectivity index (χ1) is 7.74. The molecule has 1 rings (SSSR count). The molecule has 0 saturated heterocycles. The molecule has 0 spiro atoms. The molecule has 1 aliphatic carbocycles. The van der Waals surface area contributed by atoms with Gasteiger partial charge in [-0.3, -0.25) is 0 Å². The van der Waals surface area contributed by atoms with Crippen molar-refractivity contribution in [2.45, 2.75) is 38.1 Å². The molecule has 0 aromatic heterocycles. The Morgan fingerprint density at radius 1 is 1.44 bits per heavy atom. The molecule has 3 N–H and O–H groups in total. The number of nitriles is 1. The molecule has 0 bridgehead atoms. The molecule has 90 valence electrons. The van der Waals surface area contributed by atoms with E-state index >= 15 is 0 Å². The van der Waals surface area contributed by atoms with Gasteiger partial charge in [-0.25, -0.2) is 4.79 Å². The number of rotatable bonds is 4. The maximum absolute atomic E-state index is 10.3. The SMILES string of the molecule is N#CC1CCCCCC1NCCOC(N)=O. The summed E-state index contributed by atoms with van der Waals surface area (Å²) in [5.74, 6) is 0.0797. The summed E-state index contributed by atoms with van der Waals surface area (Å²) in [6.07, 6.45) is 4.73. The number of nitrogens with two attached hydrogens (primary N) is 1. The quantitative estimate of drug-likeness (QED) is 0.554. The minimum absolute atomic E-state index is 0.0797. The summed E-state index contributed by atoms with van der Waals surface area (Å²) in [6, 6.07) is 2.57. The molecule has 2 unspecified atom stereocenters. The molecule has 1 fully saturated rings. The van der Waals surface area contributed by atoms with Crippen molar-refractivity contribution < 1.29 is 9.53 Å². The standard InChI is InChI=1S/C11H19N3O2/c12-8-9-4-2-1-3-5-10(9)14-6-7-16-11(13)15/h9-10,14H,1-7H2,(H2,13,15). The topological polar surface area (TPSA) is 88.1 Å². The lowest BCUT2D eigenvalue weighted by molar-refractivity contribution is 0.155. The highest BCUT2D eigenvalue weighted by Crippen LogP contribution is 2.22. The van der Waals surface area contributed by atoms with Crippen LogP contribution in [-0.2, 0) is 4.74 Å². The zero-order chi connectivity index (χ0) is 11.8. The van der Waals surface area contributed by atoms with E-state index in [9.17, 15) is 4.79 Å². The molecule has 0 aromatic rings. The van der Waals surface area contributed by atoms with E-state index in [-0.39, 0.29) is 18.6 Å². The molecule has 1 saturated carbocycles. The maximum Gasteiger partial charge on any atom is 0.404 e. The van der Waals surface area contributed by atoms with Crippen LogP contribution in [-0.4, -0.2) is 25.3 Å². The number of hydrogen-bond acceptors (Lipinski definition) is 4. The maximum atomic E-state index is 10.3. The number of nitrogens with one attached hydrogen (secondary N) is 1. The fourth-order valence-electron chi connectivity index (χ4n) is 2.10. The second-order valence-corrected chi connectivity index (χ2v) is 4.10. The Hall–Kier alpha value is -1.28. The van der Waals surface area contributed by atoms with Crippen molar-refractivity contribution in [3.8, 4) is 6.07 Å². The van der Waals surface area contributed by atoms with Crippen LogP contribution in [0.2, 0.25) is 0 Å². The van der Waals surface area contributed by atoms with Gasteiger partial charge in [-0.1, -0.05) is 19.3 Å². The molecule has 0 heterocycles. The molecule has 5 heteroatoms. The number of carbonyl (C=O) groups excluding carboxylic acids is 1. The van der Waals surface area contributed by atoms with E-state index in [0.29, 0.717) is 6.54 Å². The Bertz CT molecular complexity index is 262. The Balaban J connectivity index is 2.26. The van der Waals surface area contributed by atoms with Gasteiger partial charge in [0.05, 0.1) is 12.0 Å². The highest BCUT2D eigenvalue weighted by Gasteiger charge is 2.22. The first-order valence-corrected chi connectivity index (χ1v) is 5.79. The van der Waals surface area contributed by atoms with Crippen molar-refractivity contribution in [2.75, 3.05) is 13.2 Å². The van der Waals surface area contributed by atoms with Gasteiger partial charge in [-0.2, -0.15) is 5.26 Å². The molecule has 0 aromatic carbocycles. The second kappa shape index (κ2) is 7.07. The molecule has 1 aliphatic rings. The van der Waals surface area contributed by atoms with E-state index in [1.54, 1.807) is 0 Å². The van der Waals surface area contributed by atoms with Crippen molar-refractivity contribution >= 4 is 6.09 Å². The normalized spacial score (nSPS) is 25.4. The molecular weight excluding hydrogens is 206 g/mol. The van der Waals surface area contributed by atoms with Gasteiger partial charge < -0.3 is 15.8 Å². The van der Waals surface area contributed by atoms with Gasteiger partial charge in [0.2, 0.25) is 0 Å². The number of carbonyl (C=O) groups is 1. The Kier molecular flexibility index (Phi) is 5.65. The van der Waals surface area contributed by atoms with Gasteiger partial charge in [0.15, 0.2) is 0 Å². The highest BCUT2D eigenvalue weighted by molar-refractivity contribution is 5.64. The van der Waals surface area contributed by atoms with Crippen LogP contribution in [0.15, 0.2) is 0 Å². The highest BCUT2D eigenvalue weighted by atomic mass is 16.5. The Morgan fingerprint density at radius 2 is 2.19 bits per heavy atom. The Labute approximate surface area is 95.9 Å². The summed E-state index contributed by atoms with van der Waals surface area (Å²) >= 11 is 0. The van der Waals surface area contributed by atoms with Crippen molar-refractivity contribution in [2.24, 2.45) is 11.7 Å². The minimum atomic E-state index is -0.750. The van der Waals surface area contributed by atoms with Crippen LogP contribution in [0.3, 0.4) is 0 Å². The lowest BCUT2D eigenvalue weighted by atomic mass is 9.96. The fraction of sp³-hybridized carbons (Fsp3) is 0.818. The molecular formula is C11H19N3O2. The first-order valence-electron chi connectivity index (χ1n) is 5.79. The molecule has 16 heavy (non-hydrogen) atoms. The van der Waals surface area contributed by atoms with E-state index in [1.807, 2.05) is 0 Å². The number of primary amides is 1. The van der Waals surface area contributed by atoms with Crippen molar-refractivity contribution in [3.05, 3.63) is 0 Å². The van der Waals surface area contributed by atoms with Gasteiger partial charge in [0, 0.05) is 12.6 Å². The summed E-state index contributed by atoms with van der Waals surface area (Å²) in [7, 11) is 0. The van der Waals surface area contributed by atoms with Crippen LogP contribution in [0.25, 0.3) is 0 Å². The lowest BCUT2D eigenvalue weighted by Crippen LogP contribution is -2.37. The molecule has 2 atom stereocenters. The summed E-state index contributed by atoms with van der Waals surface area (Å²) in [6.45, 7) is 0.829. The Morgan fingerprint density at radius 3 is 2.88 bits per heavy atom. The summed E-state index contributed by atoms with van der Waals surface area (Å²) in [5, 5.41) is 12.3. The molecule has 0 aliphatic heterocycles. The van der Waals surface area contributed by atoms with Gasteiger partial charge in [-0.05, 0) is 12.8 Å². The van der Waals surface area contributed by atoms with Crippen LogP contribution in [0.1, 0.15) is 32.1 Å². The van der Waals surface area contributed by atoms with Gasteiger partial charge in [-0.15, -0.1) is 0 Å². The number of amides is 1. The third kappa shape index (κ3) is 4.49. The minimum Gasteiger partial charge on any atom is -0.448 e. The van der Waals surface area contributed by atoms with Gasteiger partial charge >= 0.3 is 6.09 Å². The smallest absolute Gasteiger partial charge is 0.404 e. The van der Waals surface area contributed by atoms with Crippen LogP contribution >= 0.6 is 0 Å². The van der Waals surface area contributed by atoms with Crippen molar-refractivity contribution in [1.29, 1.82) is 5.26 Å². The average Bonchev–Trinajstić information content (AvgIpc) is 2.48. The van der Waals surface area contributed by atoms with Crippen molar-refractivity contribution in [3.63, 3.8) is 0 Å². The van der Waals surface area contributed by atoms with E-state index < -0.39 is 6.09 Å². The summed E-state index contributed by atoms with van der Waals surface area (Å²) < 4.78 is 4.63. The molecule has 1 amide bonds. The lowest BCUT2D eigenvalue weighted by Gasteiger charge is -2.20. The van der Waals surface area contributed by atoms with Crippen molar-refractivity contribution in [1.82, 2.24) is 5.32 Å². The van der Waals surface area contributed by atoms with Crippen LogP contribution in [0.5, 0.6) is 0 Å².